The number of likely N-dealkylation sites (tertiary alicyclic amines) is 1. The summed E-state index contributed by atoms with van der Waals surface area (Å²) >= 11 is 6.05. The van der Waals surface area contributed by atoms with Crippen LogP contribution in [0.4, 0.5) is 0 Å². The van der Waals surface area contributed by atoms with E-state index in [2.05, 4.69) is 5.32 Å². The number of hydrogen-bond acceptors (Lipinski definition) is 4. The number of carbonyl (C=O) groups is 3. The minimum absolute atomic E-state index is 0.0453. The summed E-state index contributed by atoms with van der Waals surface area (Å²) in [6.45, 7) is 1.60. The van der Waals surface area contributed by atoms with E-state index in [1.165, 1.54) is 6.07 Å². The summed E-state index contributed by atoms with van der Waals surface area (Å²) in [5.74, 6) is -1.46. The third-order valence-electron chi connectivity index (χ3n) is 4.75. The molecule has 1 aliphatic rings. The molecule has 0 spiro atoms. The molecule has 0 saturated carbocycles. The highest BCUT2D eigenvalue weighted by molar-refractivity contribution is 6.30. The van der Waals surface area contributed by atoms with Crippen molar-refractivity contribution >= 4 is 29.4 Å². The number of aromatic carboxylic acids is 1. The fourth-order valence-corrected chi connectivity index (χ4v) is 3.60. The minimum Gasteiger partial charge on any atom is -0.478 e. The minimum atomic E-state index is -1.09. The fourth-order valence-electron chi connectivity index (χ4n) is 3.40. The zero-order valence-corrected chi connectivity index (χ0v) is 15.6. The Kier molecular flexibility index (Phi) is 5.23. The molecule has 2 heterocycles. The number of amides is 2. The summed E-state index contributed by atoms with van der Waals surface area (Å²) in [6, 6.07) is 8.07. The van der Waals surface area contributed by atoms with E-state index in [4.69, 9.17) is 21.1 Å². The standard InChI is InChI=1S/C19H19ClN2O5/c1-10-14(19(25)26)7-13(27-10)9-21-18(24)15-8-16(23)22(2)17(15)11-4-3-5-12(20)6-11/h3-7,15,17H,8-9H2,1-2H3,(H,21,24)(H,25,26)/t15-,17-/m1/s1. The molecule has 0 radical (unpaired) electrons. The van der Waals surface area contributed by atoms with Crippen LogP contribution in [0.1, 0.15) is 39.9 Å². The number of hydrogen-bond donors (Lipinski definition) is 2. The molecule has 0 aliphatic carbocycles. The SMILES string of the molecule is Cc1oc(CNC(=O)[C@@H]2CC(=O)N(C)[C@@H]2c2cccc(Cl)c2)cc1C(=O)O. The number of nitrogens with one attached hydrogen (secondary N) is 1. The van der Waals surface area contributed by atoms with E-state index in [1.54, 1.807) is 37.1 Å². The first-order valence-corrected chi connectivity index (χ1v) is 8.77. The first kappa shape index (κ1) is 19.0. The second-order valence-electron chi connectivity index (χ2n) is 6.52. The predicted octanol–water partition coefficient (Wildman–Crippen LogP) is 2.78. The highest BCUT2D eigenvalue weighted by atomic mass is 35.5. The van der Waals surface area contributed by atoms with E-state index in [0.717, 1.165) is 5.56 Å². The number of aryl methyl sites for hydroxylation is 1. The lowest BCUT2D eigenvalue weighted by atomic mass is 9.93. The average Bonchev–Trinajstić information content (AvgIpc) is 3.13. The molecule has 2 amide bonds. The van der Waals surface area contributed by atoms with Gasteiger partial charge < -0.3 is 19.7 Å². The summed E-state index contributed by atoms with van der Waals surface area (Å²) in [4.78, 5) is 37.5. The zero-order valence-electron chi connectivity index (χ0n) is 14.9. The molecule has 3 rings (SSSR count). The Labute approximate surface area is 160 Å². The lowest BCUT2D eigenvalue weighted by molar-refractivity contribution is -0.128. The number of nitrogens with zero attached hydrogens (tertiary/aromatic N) is 1. The molecule has 7 nitrogen and oxygen atoms in total. The van der Waals surface area contributed by atoms with Crippen molar-refractivity contribution in [3.63, 3.8) is 0 Å². The Bertz CT molecular complexity index is 907. The van der Waals surface area contributed by atoms with Gasteiger partial charge in [-0.2, -0.15) is 0 Å². The Morgan fingerprint density at radius 2 is 2.11 bits per heavy atom. The Morgan fingerprint density at radius 1 is 1.37 bits per heavy atom. The van der Waals surface area contributed by atoms with Crippen molar-refractivity contribution in [1.29, 1.82) is 0 Å². The highest BCUT2D eigenvalue weighted by Gasteiger charge is 2.42. The van der Waals surface area contributed by atoms with Crippen LogP contribution in [0.5, 0.6) is 0 Å². The van der Waals surface area contributed by atoms with Gasteiger partial charge in [-0.05, 0) is 30.7 Å². The van der Waals surface area contributed by atoms with E-state index in [9.17, 15) is 14.4 Å². The van der Waals surface area contributed by atoms with E-state index in [1.807, 2.05) is 6.07 Å². The van der Waals surface area contributed by atoms with Crippen LogP contribution >= 0.6 is 11.6 Å². The monoisotopic (exact) mass is 390 g/mol. The van der Waals surface area contributed by atoms with Gasteiger partial charge in [0.25, 0.3) is 0 Å². The maximum absolute atomic E-state index is 12.7. The number of carbonyl (C=O) groups excluding carboxylic acids is 2. The lowest BCUT2D eigenvalue weighted by Crippen LogP contribution is -2.34. The Balaban J connectivity index is 1.75. The quantitative estimate of drug-likeness (QED) is 0.817. The zero-order chi connectivity index (χ0) is 19.7. The van der Waals surface area contributed by atoms with Gasteiger partial charge >= 0.3 is 5.97 Å². The molecule has 8 heteroatoms. The molecule has 1 aromatic carbocycles. The summed E-state index contributed by atoms with van der Waals surface area (Å²) in [6.07, 6.45) is 0.0943. The van der Waals surface area contributed by atoms with Crippen LogP contribution < -0.4 is 5.32 Å². The van der Waals surface area contributed by atoms with Gasteiger partial charge in [0.15, 0.2) is 0 Å². The lowest BCUT2D eigenvalue weighted by Gasteiger charge is -2.25. The summed E-state index contributed by atoms with van der Waals surface area (Å²) in [7, 11) is 1.66. The van der Waals surface area contributed by atoms with Crippen LogP contribution in [0.15, 0.2) is 34.7 Å². The molecule has 1 fully saturated rings. The van der Waals surface area contributed by atoms with Gasteiger partial charge in [0, 0.05) is 18.5 Å². The van der Waals surface area contributed by atoms with Gasteiger partial charge in [0.2, 0.25) is 11.8 Å². The molecular weight excluding hydrogens is 372 g/mol. The molecule has 2 N–H and O–H groups in total. The van der Waals surface area contributed by atoms with Crippen molar-refractivity contribution in [1.82, 2.24) is 10.2 Å². The predicted molar refractivity (Wildman–Crippen MR) is 97.3 cm³/mol. The van der Waals surface area contributed by atoms with Crippen molar-refractivity contribution in [3.05, 3.63) is 58.0 Å². The first-order valence-electron chi connectivity index (χ1n) is 8.39. The van der Waals surface area contributed by atoms with Crippen molar-refractivity contribution in [2.45, 2.75) is 25.9 Å². The van der Waals surface area contributed by atoms with Gasteiger partial charge in [0.1, 0.15) is 17.1 Å². The topological polar surface area (TPSA) is 99.9 Å². The number of rotatable bonds is 5. The summed E-state index contributed by atoms with van der Waals surface area (Å²) < 4.78 is 5.37. The number of carboxylic acids is 1. The van der Waals surface area contributed by atoms with Crippen LogP contribution in [-0.4, -0.2) is 34.8 Å². The second-order valence-corrected chi connectivity index (χ2v) is 6.96. The Hall–Kier alpha value is -2.80. The fraction of sp³-hybridized carbons (Fsp3) is 0.316. The van der Waals surface area contributed by atoms with Crippen LogP contribution in [0, 0.1) is 12.8 Å². The highest BCUT2D eigenvalue weighted by Crippen LogP contribution is 2.37. The van der Waals surface area contributed by atoms with Crippen molar-refractivity contribution < 1.29 is 23.9 Å². The van der Waals surface area contributed by atoms with Crippen molar-refractivity contribution in [2.75, 3.05) is 7.05 Å². The van der Waals surface area contributed by atoms with Gasteiger partial charge in [-0.15, -0.1) is 0 Å². The third kappa shape index (κ3) is 3.83. The summed E-state index contributed by atoms with van der Waals surface area (Å²) in [5, 5.41) is 12.3. The molecule has 2 atom stereocenters. The number of furan rings is 1. The molecule has 2 aromatic rings. The van der Waals surface area contributed by atoms with Crippen LogP contribution in [0.25, 0.3) is 0 Å². The number of benzene rings is 1. The van der Waals surface area contributed by atoms with Crippen molar-refractivity contribution in [3.8, 4) is 0 Å². The largest absolute Gasteiger partial charge is 0.478 e. The van der Waals surface area contributed by atoms with Crippen LogP contribution in [0.2, 0.25) is 5.02 Å². The maximum Gasteiger partial charge on any atom is 0.339 e. The van der Waals surface area contributed by atoms with Gasteiger partial charge in [-0.1, -0.05) is 23.7 Å². The molecule has 1 aromatic heterocycles. The Morgan fingerprint density at radius 3 is 2.74 bits per heavy atom. The molecule has 0 bridgehead atoms. The van der Waals surface area contributed by atoms with E-state index >= 15 is 0 Å². The van der Waals surface area contributed by atoms with Gasteiger partial charge in [-0.25, -0.2) is 4.79 Å². The molecule has 1 aliphatic heterocycles. The summed E-state index contributed by atoms with van der Waals surface area (Å²) in [5.41, 5.74) is 0.852. The van der Waals surface area contributed by atoms with Crippen LogP contribution in [-0.2, 0) is 16.1 Å². The van der Waals surface area contributed by atoms with Crippen LogP contribution in [0.3, 0.4) is 0 Å². The van der Waals surface area contributed by atoms with E-state index < -0.39 is 17.9 Å². The maximum atomic E-state index is 12.7. The van der Waals surface area contributed by atoms with Crippen molar-refractivity contribution in [2.24, 2.45) is 5.92 Å². The number of halogens is 1. The first-order chi connectivity index (χ1) is 12.8. The average molecular weight is 391 g/mol. The molecular formula is C19H19ClN2O5. The normalized spacial score (nSPS) is 19.4. The van der Waals surface area contributed by atoms with Gasteiger partial charge in [0.05, 0.1) is 18.5 Å². The number of carboxylic acid groups (broad SMARTS) is 1. The van der Waals surface area contributed by atoms with E-state index in [-0.39, 0.29) is 36.1 Å². The molecule has 1 saturated heterocycles. The molecule has 0 unspecified atom stereocenters. The molecule has 27 heavy (non-hydrogen) atoms. The third-order valence-corrected chi connectivity index (χ3v) is 4.98. The van der Waals surface area contributed by atoms with E-state index in [0.29, 0.717) is 10.8 Å². The molecule has 142 valence electrons. The second kappa shape index (κ2) is 7.44. The smallest absolute Gasteiger partial charge is 0.339 e. The van der Waals surface area contributed by atoms with Gasteiger partial charge in [-0.3, -0.25) is 9.59 Å².